The first-order valence-corrected chi connectivity index (χ1v) is 7.97. The third kappa shape index (κ3) is 12.6. The highest BCUT2D eigenvalue weighted by molar-refractivity contribution is 5.69. The molecule has 1 unspecified atom stereocenters. The van der Waals surface area contributed by atoms with Crippen molar-refractivity contribution in [2.45, 2.75) is 51.6 Å². The molecule has 0 radical (unpaired) electrons. The third-order valence-electron chi connectivity index (χ3n) is 2.93. The van der Waals surface area contributed by atoms with Gasteiger partial charge in [-0.3, -0.25) is 9.59 Å². The number of ether oxygens (including phenoxy) is 3. The van der Waals surface area contributed by atoms with Gasteiger partial charge in [0.1, 0.15) is 6.61 Å². The Labute approximate surface area is 132 Å². The number of hydrogen-bond donors (Lipinski definition) is 2. The Morgan fingerprint density at radius 2 is 1.68 bits per heavy atom. The summed E-state index contributed by atoms with van der Waals surface area (Å²) in [5.41, 5.74) is 10.4. The first kappa shape index (κ1) is 20.8. The average molecular weight is 318 g/mol. The minimum atomic E-state index is -0.166. The van der Waals surface area contributed by atoms with E-state index in [1.807, 2.05) is 0 Å². The van der Waals surface area contributed by atoms with Gasteiger partial charge in [-0.15, -0.1) is 0 Å². The lowest BCUT2D eigenvalue weighted by molar-refractivity contribution is -0.147. The zero-order valence-electron chi connectivity index (χ0n) is 13.6. The molecule has 130 valence electrons. The van der Waals surface area contributed by atoms with Gasteiger partial charge in [0.15, 0.2) is 0 Å². The minimum absolute atomic E-state index is 0.127. The number of esters is 2. The normalized spacial score (nSPS) is 16.6. The molecule has 1 saturated heterocycles. The molecule has 0 aliphatic carbocycles. The van der Waals surface area contributed by atoms with E-state index < -0.39 is 0 Å². The molecule has 4 N–H and O–H groups in total. The lowest BCUT2D eigenvalue weighted by atomic mass is 10.2. The summed E-state index contributed by atoms with van der Waals surface area (Å²) >= 11 is 0. The molecule has 0 aromatic carbocycles. The van der Waals surface area contributed by atoms with E-state index in [0.717, 1.165) is 25.9 Å². The maximum atomic E-state index is 11.0. The van der Waals surface area contributed by atoms with Gasteiger partial charge in [0, 0.05) is 19.4 Å². The van der Waals surface area contributed by atoms with E-state index in [0.29, 0.717) is 45.6 Å². The molecule has 1 aliphatic heterocycles. The van der Waals surface area contributed by atoms with E-state index in [1.54, 1.807) is 6.92 Å². The summed E-state index contributed by atoms with van der Waals surface area (Å²) in [5, 5.41) is 0. The smallest absolute Gasteiger partial charge is 0.305 e. The van der Waals surface area contributed by atoms with E-state index in [9.17, 15) is 9.59 Å². The number of carbonyl (C=O) groups excluding carboxylic acids is 2. The van der Waals surface area contributed by atoms with Gasteiger partial charge in [0.05, 0.1) is 12.7 Å². The van der Waals surface area contributed by atoms with Gasteiger partial charge < -0.3 is 25.7 Å². The van der Waals surface area contributed by atoms with Crippen molar-refractivity contribution in [3.8, 4) is 0 Å². The molecule has 22 heavy (non-hydrogen) atoms. The summed E-state index contributed by atoms with van der Waals surface area (Å²) in [5.74, 6) is -0.316. The second-order valence-corrected chi connectivity index (χ2v) is 4.91. The standard InChI is InChI=1S/C9H17NO3.C6H13NO2/c10-5-1-4-9(11)13-7-8-3-2-6-12-8;1-2-9-6(8)4-3-5-7/h8H,1-7,10H2;2-5,7H2,1H3. The molecule has 1 rings (SSSR count). The monoisotopic (exact) mass is 318 g/mol. The summed E-state index contributed by atoms with van der Waals surface area (Å²) in [6, 6.07) is 0. The van der Waals surface area contributed by atoms with Crippen LogP contribution in [0.1, 0.15) is 45.4 Å². The van der Waals surface area contributed by atoms with Crippen LogP contribution in [0.3, 0.4) is 0 Å². The third-order valence-corrected chi connectivity index (χ3v) is 2.93. The molecular weight excluding hydrogens is 288 g/mol. The molecule has 1 heterocycles. The predicted octanol–water partition coefficient (Wildman–Crippen LogP) is 0.736. The van der Waals surface area contributed by atoms with Crippen LogP contribution in [0.2, 0.25) is 0 Å². The summed E-state index contributed by atoms with van der Waals surface area (Å²) in [6.45, 7) is 4.55. The van der Waals surface area contributed by atoms with Crippen LogP contribution in [0.25, 0.3) is 0 Å². The van der Waals surface area contributed by atoms with Crippen molar-refractivity contribution in [1.82, 2.24) is 0 Å². The van der Waals surface area contributed by atoms with Crippen molar-refractivity contribution in [1.29, 1.82) is 0 Å². The minimum Gasteiger partial charge on any atom is -0.466 e. The topological polar surface area (TPSA) is 114 Å². The average Bonchev–Trinajstić information content (AvgIpc) is 3.03. The van der Waals surface area contributed by atoms with Crippen LogP contribution >= 0.6 is 0 Å². The van der Waals surface area contributed by atoms with E-state index in [-0.39, 0.29) is 18.0 Å². The van der Waals surface area contributed by atoms with E-state index >= 15 is 0 Å². The lowest BCUT2D eigenvalue weighted by Gasteiger charge is -2.09. The van der Waals surface area contributed by atoms with Gasteiger partial charge in [0.25, 0.3) is 0 Å². The fourth-order valence-electron chi connectivity index (χ4n) is 1.76. The quantitative estimate of drug-likeness (QED) is 0.602. The first-order valence-electron chi connectivity index (χ1n) is 7.97. The van der Waals surface area contributed by atoms with E-state index in [2.05, 4.69) is 4.74 Å². The Bertz CT molecular complexity index is 294. The second kappa shape index (κ2) is 14.7. The SMILES string of the molecule is CCOC(=O)CCCN.NCCCC(=O)OCC1CCCO1. The molecule has 0 spiro atoms. The van der Waals surface area contributed by atoms with E-state index in [4.69, 9.17) is 20.9 Å². The zero-order chi connectivity index (χ0) is 16.6. The number of hydrogen-bond acceptors (Lipinski definition) is 7. The first-order chi connectivity index (χ1) is 10.6. The van der Waals surface area contributed by atoms with Gasteiger partial charge in [0.2, 0.25) is 0 Å². The van der Waals surface area contributed by atoms with Crippen molar-refractivity contribution in [3.63, 3.8) is 0 Å². The van der Waals surface area contributed by atoms with Crippen LogP contribution in [0.15, 0.2) is 0 Å². The zero-order valence-corrected chi connectivity index (χ0v) is 13.6. The molecule has 0 bridgehead atoms. The van der Waals surface area contributed by atoms with Gasteiger partial charge in [-0.25, -0.2) is 0 Å². The number of nitrogens with two attached hydrogens (primary N) is 2. The molecule has 1 atom stereocenters. The van der Waals surface area contributed by atoms with Crippen molar-refractivity contribution in [2.24, 2.45) is 11.5 Å². The molecular formula is C15H30N2O5. The molecule has 0 aromatic heterocycles. The summed E-state index contributed by atoms with van der Waals surface area (Å²) < 4.78 is 15.0. The predicted molar refractivity (Wildman–Crippen MR) is 83.1 cm³/mol. The Hall–Kier alpha value is -1.18. The highest BCUT2D eigenvalue weighted by Crippen LogP contribution is 2.12. The van der Waals surface area contributed by atoms with Crippen LogP contribution in [0.4, 0.5) is 0 Å². The van der Waals surface area contributed by atoms with E-state index in [1.165, 1.54) is 0 Å². The number of carbonyl (C=O) groups is 2. The molecule has 1 aliphatic rings. The molecule has 7 heteroatoms. The maximum Gasteiger partial charge on any atom is 0.305 e. The Kier molecular flexibility index (Phi) is 14.0. The van der Waals surface area contributed by atoms with Crippen LogP contribution in [-0.4, -0.2) is 51.0 Å². The highest BCUT2D eigenvalue weighted by atomic mass is 16.6. The van der Waals surface area contributed by atoms with Crippen LogP contribution in [-0.2, 0) is 23.8 Å². The number of rotatable bonds is 9. The van der Waals surface area contributed by atoms with Crippen molar-refractivity contribution in [3.05, 3.63) is 0 Å². The van der Waals surface area contributed by atoms with Gasteiger partial charge in [-0.2, -0.15) is 0 Å². The van der Waals surface area contributed by atoms with Crippen LogP contribution < -0.4 is 11.5 Å². The molecule has 1 fully saturated rings. The van der Waals surface area contributed by atoms with Crippen molar-refractivity contribution >= 4 is 11.9 Å². The van der Waals surface area contributed by atoms with Gasteiger partial charge in [-0.05, 0) is 45.7 Å². The molecule has 0 amide bonds. The molecule has 0 saturated carbocycles. The van der Waals surface area contributed by atoms with Crippen molar-refractivity contribution in [2.75, 3.05) is 32.9 Å². The fraction of sp³-hybridized carbons (Fsp3) is 0.867. The highest BCUT2D eigenvalue weighted by Gasteiger charge is 2.16. The summed E-state index contributed by atoms with van der Waals surface area (Å²) in [7, 11) is 0. The maximum absolute atomic E-state index is 11.0. The lowest BCUT2D eigenvalue weighted by Crippen LogP contribution is -2.18. The molecule has 7 nitrogen and oxygen atoms in total. The summed E-state index contributed by atoms with van der Waals surface area (Å²) in [4.78, 5) is 21.5. The Morgan fingerprint density at radius 3 is 2.14 bits per heavy atom. The second-order valence-electron chi connectivity index (χ2n) is 4.91. The molecule has 0 aromatic rings. The fourth-order valence-corrected chi connectivity index (χ4v) is 1.76. The summed E-state index contributed by atoms with van der Waals surface area (Å²) in [6.07, 6.45) is 4.49. The van der Waals surface area contributed by atoms with Crippen molar-refractivity contribution < 1.29 is 23.8 Å². The van der Waals surface area contributed by atoms with Gasteiger partial charge in [-0.1, -0.05) is 0 Å². The Balaban J connectivity index is 0.000000433. The largest absolute Gasteiger partial charge is 0.466 e. The van der Waals surface area contributed by atoms with Crippen LogP contribution in [0, 0.1) is 0 Å². The van der Waals surface area contributed by atoms with Crippen LogP contribution in [0.5, 0.6) is 0 Å². The van der Waals surface area contributed by atoms with Gasteiger partial charge >= 0.3 is 11.9 Å². The Morgan fingerprint density at radius 1 is 1.09 bits per heavy atom.